The predicted octanol–water partition coefficient (Wildman–Crippen LogP) is 1.84. The van der Waals surface area contributed by atoms with Crippen LogP contribution in [-0.4, -0.2) is 28.2 Å². The first-order chi connectivity index (χ1) is 8.61. The summed E-state index contributed by atoms with van der Waals surface area (Å²) in [7, 11) is 0. The van der Waals surface area contributed by atoms with E-state index in [-0.39, 0.29) is 11.9 Å². The number of nitrogens with zero attached hydrogens (tertiary/aromatic N) is 2. The highest BCUT2D eigenvalue weighted by Gasteiger charge is 2.26. The number of hydrogen-bond donors (Lipinski definition) is 3. The highest BCUT2D eigenvalue weighted by atomic mass is 35.5. The Bertz CT molecular complexity index is 427. The van der Waals surface area contributed by atoms with Gasteiger partial charge in [-0.2, -0.15) is 4.98 Å². The van der Waals surface area contributed by atoms with Crippen LogP contribution in [0.4, 0.5) is 11.5 Å². The molecule has 1 heterocycles. The number of hydrogen-bond acceptors (Lipinski definition) is 5. The monoisotopic (exact) mass is 270 g/mol. The number of aryl methyl sites for hydroxylation is 1. The van der Waals surface area contributed by atoms with E-state index in [1.807, 2.05) is 0 Å². The van der Waals surface area contributed by atoms with Gasteiger partial charge in [-0.25, -0.2) is 4.98 Å². The number of rotatable bonds is 4. The van der Waals surface area contributed by atoms with Crippen LogP contribution >= 0.6 is 11.6 Å². The first-order valence-corrected chi connectivity index (χ1v) is 6.64. The molecule has 0 saturated heterocycles. The molecule has 0 spiro atoms. The Hall–Kier alpha value is -1.07. The third-order valence-electron chi connectivity index (χ3n) is 3.69. The third-order valence-corrected chi connectivity index (χ3v) is 3.86. The number of nitrogens with one attached hydrogen (secondary N) is 1. The minimum absolute atomic E-state index is 0.203. The lowest BCUT2D eigenvalue weighted by atomic mass is 9.97. The molecule has 2 rings (SSSR count). The molecule has 4 N–H and O–H groups in total. The van der Waals surface area contributed by atoms with E-state index in [1.165, 1.54) is 6.42 Å². The third kappa shape index (κ3) is 2.84. The Kier molecular flexibility index (Phi) is 4.24. The molecule has 0 aromatic carbocycles. The highest BCUT2D eigenvalue weighted by molar-refractivity contribution is 6.28. The van der Waals surface area contributed by atoms with E-state index in [0.29, 0.717) is 29.0 Å². The topological polar surface area (TPSA) is 84.1 Å². The van der Waals surface area contributed by atoms with Gasteiger partial charge in [-0.15, -0.1) is 0 Å². The van der Waals surface area contributed by atoms with E-state index in [2.05, 4.69) is 15.3 Å². The van der Waals surface area contributed by atoms with Crippen LogP contribution in [0, 0.1) is 18.8 Å². The van der Waals surface area contributed by atoms with Gasteiger partial charge in [0.05, 0.1) is 11.4 Å². The highest BCUT2D eigenvalue weighted by Crippen LogP contribution is 2.32. The summed E-state index contributed by atoms with van der Waals surface area (Å²) in [5, 5.41) is 12.7. The van der Waals surface area contributed by atoms with Gasteiger partial charge in [0, 0.05) is 13.2 Å². The minimum atomic E-state index is 0.203. The molecule has 1 aliphatic rings. The average Bonchev–Trinajstić information content (AvgIpc) is 2.79. The summed E-state index contributed by atoms with van der Waals surface area (Å²) in [5.74, 6) is 1.46. The van der Waals surface area contributed by atoms with E-state index in [1.54, 1.807) is 6.92 Å². The molecule has 100 valence electrons. The first-order valence-electron chi connectivity index (χ1n) is 6.26. The molecule has 1 aliphatic carbocycles. The lowest BCUT2D eigenvalue weighted by Crippen LogP contribution is -2.22. The zero-order valence-electron chi connectivity index (χ0n) is 10.5. The van der Waals surface area contributed by atoms with Crippen molar-refractivity contribution in [3.05, 3.63) is 11.0 Å². The molecule has 2 atom stereocenters. The van der Waals surface area contributed by atoms with Crippen molar-refractivity contribution in [2.24, 2.45) is 11.8 Å². The fraction of sp³-hybridized carbons (Fsp3) is 0.667. The maximum Gasteiger partial charge on any atom is 0.224 e. The van der Waals surface area contributed by atoms with Gasteiger partial charge < -0.3 is 16.2 Å². The van der Waals surface area contributed by atoms with E-state index in [4.69, 9.17) is 17.3 Å². The van der Waals surface area contributed by atoms with Crippen molar-refractivity contribution in [1.82, 2.24) is 9.97 Å². The van der Waals surface area contributed by atoms with Crippen molar-refractivity contribution in [3.8, 4) is 0 Å². The first kappa shape index (κ1) is 13.4. The molecule has 0 aliphatic heterocycles. The maximum atomic E-state index is 9.28. The number of aliphatic hydroxyl groups excluding tert-OH is 1. The molecule has 0 radical (unpaired) electrons. The summed E-state index contributed by atoms with van der Waals surface area (Å²) in [6, 6.07) is 0. The second-order valence-electron chi connectivity index (χ2n) is 4.85. The van der Waals surface area contributed by atoms with Gasteiger partial charge in [0.25, 0.3) is 0 Å². The van der Waals surface area contributed by atoms with Gasteiger partial charge in [-0.1, -0.05) is 6.42 Å². The Balaban J connectivity index is 2.02. The second-order valence-corrected chi connectivity index (χ2v) is 5.19. The largest absolute Gasteiger partial charge is 0.396 e. The van der Waals surface area contributed by atoms with E-state index in [9.17, 15) is 5.11 Å². The molecule has 0 bridgehead atoms. The molecule has 2 unspecified atom stereocenters. The van der Waals surface area contributed by atoms with Crippen LogP contribution in [0.25, 0.3) is 0 Å². The Morgan fingerprint density at radius 3 is 2.83 bits per heavy atom. The fourth-order valence-electron chi connectivity index (χ4n) is 2.53. The van der Waals surface area contributed by atoms with Gasteiger partial charge in [0.15, 0.2) is 5.82 Å². The van der Waals surface area contributed by atoms with Crippen molar-refractivity contribution in [2.45, 2.75) is 26.2 Å². The van der Waals surface area contributed by atoms with Crippen LogP contribution in [0.15, 0.2) is 0 Å². The van der Waals surface area contributed by atoms with Crippen LogP contribution in [-0.2, 0) is 0 Å². The summed E-state index contributed by atoms with van der Waals surface area (Å²) < 4.78 is 0. The number of nitrogen functional groups attached to an aromatic ring is 1. The van der Waals surface area contributed by atoms with Crippen LogP contribution in [0.1, 0.15) is 25.0 Å². The Morgan fingerprint density at radius 2 is 2.11 bits per heavy atom. The van der Waals surface area contributed by atoms with Crippen molar-refractivity contribution in [1.29, 1.82) is 0 Å². The number of aliphatic hydroxyl groups is 1. The smallest absolute Gasteiger partial charge is 0.224 e. The summed E-state index contributed by atoms with van der Waals surface area (Å²) >= 11 is 5.82. The lowest BCUT2D eigenvalue weighted by Gasteiger charge is -2.19. The number of halogens is 1. The van der Waals surface area contributed by atoms with Crippen molar-refractivity contribution >= 4 is 23.1 Å². The molecule has 6 heteroatoms. The Labute approximate surface area is 112 Å². The summed E-state index contributed by atoms with van der Waals surface area (Å²) in [6.07, 6.45) is 3.41. The van der Waals surface area contributed by atoms with Crippen molar-refractivity contribution in [2.75, 3.05) is 24.2 Å². The summed E-state index contributed by atoms with van der Waals surface area (Å²) in [5.41, 5.74) is 7.13. The second kappa shape index (κ2) is 5.71. The SMILES string of the molecule is Cc1nc(Cl)nc(NCC2CCCC2CO)c1N. The molecule has 1 aromatic heterocycles. The quantitative estimate of drug-likeness (QED) is 0.727. The molecule has 5 nitrogen and oxygen atoms in total. The standard InChI is InChI=1S/C12H19ClN4O/c1-7-10(14)11(17-12(13)16-7)15-5-8-3-2-4-9(8)6-18/h8-9,18H,2-6,14H2,1H3,(H,15,16,17). The van der Waals surface area contributed by atoms with Gasteiger partial charge >= 0.3 is 0 Å². The minimum Gasteiger partial charge on any atom is -0.396 e. The number of aromatic nitrogens is 2. The van der Waals surface area contributed by atoms with Gasteiger partial charge in [0.1, 0.15) is 0 Å². The Morgan fingerprint density at radius 1 is 1.39 bits per heavy atom. The molecule has 1 aromatic rings. The number of nitrogens with two attached hydrogens (primary N) is 1. The van der Waals surface area contributed by atoms with E-state index in [0.717, 1.165) is 19.4 Å². The van der Waals surface area contributed by atoms with Crippen LogP contribution in [0.3, 0.4) is 0 Å². The molecular formula is C12H19ClN4O. The molecule has 0 amide bonds. The van der Waals surface area contributed by atoms with E-state index < -0.39 is 0 Å². The predicted molar refractivity (Wildman–Crippen MR) is 72.6 cm³/mol. The molecule has 1 fully saturated rings. The van der Waals surface area contributed by atoms with Gasteiger partial charge in [0.2, 0.25) is 5.28 Å². The fourth-order valence-corrected chi connectivity index (χ4v) is 2.74. The van der Waals surface area contributed by atoms with Gasteiger partial charge in [-0.3, -0.25) is 0 Å². The summed E-state index contributed by atoms with van der Waals surface area (Å²) in [6.45, 7) is 2.83. The molecule has 1 saturated carbocycles. The van der Waals surface area contributed by atoms with E-state index >= 15 is 0 Å². The molecular weight excluding hydrogens is 252 g/mol. The molecule has 18 heavy (non-hydrogen) atoms. The average molecular weight is 271 g/mol. The van der Waals surface area contributed by atoms with Crippen LogP contribution in [0.5, 0.6) is 0 Å². The van der Waals surface area contributed by atoms with Crippen molar-refractivity contribution < 1.29 is 5.11 Å². The maximum absolute atomic E-state index is 9.28. The van der Waals surface area contributed by atoms with Gasteiger partial charge in [-0.05, 0) is 43.2 Å². The van der Waals surface area contributed by atoms with Crippen LogP contribution in [0.2, 0.25) is 5.28 Å². The van der Waals surface area contributed by atoms with Crippen LogP contribution < -0.4 is 11.1 Å². The zero-order valence-corrected chi connectivity index (χ0v) is 11.2. The van der Waals surface area contributed by atoms with Crippen molar-refractivity contribution in [3.63, 3.8) is 0 Å². The lowest BCUT2D eigenvalue weighted by molar-refractivity contribution is 0.199. The number of anilines is 2. The normalized spacial score (nSPS) is 23.3. The summed E-state index contributed by atoms with van der Waals surface area (Å²) in [4.78, 5) is 8.10. The zero-order chi connectivity index (χ0) is 13.1.